The van der Waals surface area contributed by atoms with E-state index in [-0.39, 0.29) is 24.8 Å². The van der Waals surface area contributed by atoms with Gasteiger partial charge in [0.1, 0.15) is 5.75 Å². The number of carbonyl (C=O) groups is 3. The molecule has 140 valence electrons. The number of nitrogens with zero attached hydrogens (tertiary/aromatic N) is 2. The zero-order valence-electron chi connectivity index (χ0n) is 15.1. The minimum Gasteiger partial charge on any atom is -0.495 e. The van der Waals surface area contributed by atoms with E-state index in [4.69, 9.17) is 4.74 Å². The van der Waals surface area contributed by atoms with Crippen LogP contribution in [-0.2, 0) is 4.79 Å². The molecule has 0 aromatic heterocycles. The van der Waals surface area contributed by atoms with E-state index in [9.17, 15) is 14.4 Å². The van der Waals surface area contributed by atoms with Crippen molar-refractivity contribution in [2.45, 2.75) is 25.3 Å². The molecule has 8 heteroatoms. The summed E-state index contributed by atoms with van der Waals surface area (Å²) in [6, 6.07) is 5.01. The molecule has 2 heterocycles. The standard InChI is InChI=1S/C18H24N4O4/c1-19-13-5-8-21(9-6-13)17(24)12-3-4-15(26-2)14(11-12)22-10-7-16(23)20-18(22)25/h3-4,11,13,19H,5-10H2,1-2H3,(H,20,23,25). The van der Waals surface area contributed by atoms with Crippen LogP contribution in [0.2, 0.25) is 0 Å². The molecule has 2 aliphatic heterocycles. The maximum atomic E-state index is 12.9. The number of hydrogen-bond donors (Lipinski definition) is 2. The first-order valence-electron chi connectivity index (χ1n) is 8.79. The van der Waals surface area contributed by atoms with Gasteiger partial charge in [0.15, 0.2) is 0 Å². The highest BCUT2D eigenvalue weighted by molar-refractivity contribution is 6.07. The third-order valence-corrected chi connectivity index (χ3v) is 4.96. The number of anilines is 1. The molecule has 1 aromatic carbocycles. The molecule has 2 N–H and O–H groups in total. The van der Waals surface area contributed by atoms with Gasteiger partial charge in [-0.05, 0) is 38.1 Å². The maximum absolute atomic E-state index is 12.9. The average Bonchev–Trinajstić information content (AvgIpc) is 2.67. The first kappa shape index (κ1) is 18.2. The van der Waals surface area contributed by atoms with Crippen molar-refractivity contribution in [2.75, 3.05) is 38.7 Å². The topological polar surface area (TPSA) is 91.0 Å². The molecule has 0 aliphatic carbocycles. The molecule has 0 bridgehead atoms. The first-order chi connectivity index (χ1) is 12.5. The van der Waals surface area contributed by atoms with E-state index < -0.39 is 6.03 Å². The molecule has 3 rings (SSSR count). The Balaban J connectivity index is 1.82. The third-order valence-electron chi connectivity index (χ3n) is 4.96. The average molecular weight is 360 g/mol. The van der Waals surface area contributed by atoms with Gasteiger partial charge in [0.2, 0.25) is 5.91 Å². The summed E-state index contributed by atoms with van der Waals surface area (Å²) < 4.78 is 5.34. The fourth-order valence-corrected chi connectivity index (χ4v) is 3.38. The Morgan fingerprint density at radius 3 is 2.58 bits per heavy atom. The van der Waals surface area contributed by atoms with Crippen molar-refractivity contribution in [1.29, 1.82) is 0 Å². The van der Waals surface area contributed by atoms with Gasteiger partial charge in [-0.2, -0.15) is 0 Å². The van der Waals surface area contributed by atoms with Gasteiger partial charge < -0.3 is 15.0 Å². The number of hydrogen-bond acceptors (Lipinski definition) is 5. The van der Waals surface area contributed by atoms with Crippen LogP contribution in [0.25, 0.3) is 0 Å². The van der Waals surface area contributed by atoms with Gasteiger partial charge in [0.25, 0.3) is 5.91 Å². The van der Waals surface area contributed by atoms with Crippen molar-refractivity contribution in [2.24, 2.45) is 0 Å². The molecule has 26 heavy (non-hydrogen) atoms. The van der Waals surface area contributed by atoms with E-state index in [1.165, 1.54) is 12.0 Å². The lowest BCUT2D eigenvalue weighted by atomic mass is 10.0. The highest BCUT2D eigenvalue weighted by Gasteiger charge is 2.28. The van der Waals surface area contributed by atoms with Gasteiger partial charge in [-0.25, -0.2) is 4.79 Å². The zero-order chi connectivity index (χ0) is 18.7. The number of amides is 4. The van der Waals surface area contributed by atoms with Gasteiger partial charge in [0, 0.05) is 37.7 Å². The predicted octanol–water partition coefficient (Wildman–Crippen LogP) is 0.966. The van der Waals surface area contributed by atoms with Crippen molar-refractivity contribution in [3.8, 4) is 5.75 Å². The molecular formula is C18H24N4O4. The van der Waals surface area contributed by atoms with E-state index >= 15 is 0 Å². The molecule has 0 spiro atoms. The number of benzene rings is 1. The van der Waals surface area contributed by atoms with Crippen molar-refractivity contribution < 1.29 is 19.1 Å². The number of urea groups is 1. The number of methoxy groups -OCH3 is 1. The van der Waals surface area contributed by atoms with Crippen LogP contribution in [0.1, 0.15) is 29.6 Å². The summed E-state index contributed by atoms with van der Waals surface area (Å²) in [7, 11) is 3.45. The number of rotatable bonds is 4. The van der Waals surface area contributed by atoms with E-state index in [1.807, 2.05) is 11.9 Å². The number of carbonyl (C=O) groups excluding carboxylic acids is 3. The summed E-state index contributed by atoms with van der Waals surface area (Å²) in [5, 5.41) is 5.54. The molecule has 2 fully saturated rings. The molecule has 2 saturated heterocycles. The molecule has 0 radical (unpaired) electrons. The minimum atomic E-state index is -0.501. The lowest BCUT2D eigenvalue weighted by Gasteiger charge is -2.32. The number of nitrogens with one attached hydrogen (secondary N) is 2. The molecule has 8 nitrogen and oxygen atoms in total. The largest absolute Gasteiger partial charge is 0.495 e. The lowest BCUT2D eigenvalue weighted by molar-refractivity contribution is -0.120. The van der Waals surface area contributed by atoms with Crippen LogP contribution in [0.3, 0.4) is 0 Å². The Bertz CT molecular complexity index is 713. The molecule has 0 unspecified atom stereocenters. The number of ether oxygens (including phenoxy) is 1. The summed E-state index contributed by atoms with van der Waals surface area (Å²) in [6.07, 6.45) is 2.05. The monoisotopic (exact) mass is 360 g/mol. The Morgan fingerprint density at radius 2 is 1.96 bits per heavy atom. The van der Waals surface area contributed by atoms with Gasteiger partial charge >= 0.3 is 6.03 Å². The zero-order valence-corrected chi connectivity index (χ0v) is 15.1. The van der Waals surface area contributed by atoms with Crippen LogP contribution in [0.15, 0.2) is 18.2 Å². The van der Waals surface area contributed by atoms with Crippen molar-refractivity contribution >= 4 is 23.5 Å². The van der Waals surface area contributed by atoms with E-state index in [2.05, 4.69) is 10.6 Å². The fourth-order valence-electron chi connectivity index (χ4n) is 3.38. The van der Waals surface area contributed by atoms with Gasteiger partial charge in [-0.15, -0.1) is 0 Å². The molecular weight excluding hydrogens is 336 g/mol. The summed E-state index contributed by atoms with van der Waals surface area (Å²) >= 11 is 0. The Labute approximate surface area is 152 Å². The van der Waals surface area contributed by atoms with Crippen LogP contribution in [0, 0.1) is 0 Å². The Morgan fingerprint density at radius 1 is 1.23 bits per heavy atom. The van der Waals surface area contributed by atoms with Crippen LogP contribution in [0.5, 0.6) is 5.75 Å². The second-order valence-corrected chi connectivity index (χ2v) is 6.50. The second-order valence-electron chi connectivity index (χ2n) is 6.50. The van der Waals surface area contributed by atoms with Crippen LogP contribution >= 0.6 is 0 Å². The highest BCUT2D eigenvalue weighted by atomic mass is 16.5. The summed E-state index contributed by atoms with van der Waals surface area (Å²) in [4.78, 5) is 39.7. The minimum absolute atomic E-state index is 0.0584. The van der Waals surface area contributed by atoms with E-state index in [0.717, 1.165) is 12.8 Å². The van der Waals surface area contributed by atoms with Crippen LogP contribution in [0.4, 0.5) is 10.5 Å². The Kier molecular flexibility index (Phi) is 5.41. The molecule has 4 amide bonds. The van der Waals surface area contributed by atoms with E-state index in [1.54, 1.807) is 18.2 Å². The van der Waals surface area contributed by atoms with E-state index in [0.29, 0.717) is 36.1 Å². The summed E-state index contributed by atoms with van der Waals surface area (Å²) in [6.45, 7) is 1.65. The summed E-state index contributed by atoms with van der Waals surface area (Å²) in [5.74, 6) is 0.127. The van der Waals surface area contributed by atoms with Crippen LogP contribution < -0.4 is 20.3 Å². The summed E-state index contributed by atoms with van der Waals surface area (Å²) in [5.41, 5.74) is 1.00. The van der Waals surface area contributed by atoms with Gasteiger partial charge in [-0.3, -0.25) is 19.8 Å². The normalized spacial score (nSPS) is 18.7. The number of likely N-dealkylation sites (tertiary alicyclic amines) is 1. The molecule has 1 aromatic rings. The van der Waals surface area contributed by atoms with Gasteiger partial charge in [-0.1, -0.05) is 0 Å². The molecule has 0 atom stereocenters. The van der Waals surface area contributed by atoms with Crippen LogP contribution in [-0.4, -0.2) is 62.6 Å². The predicted molar refractivity (Wildman–Crippen MR) is 96.5 cm³/mol. The highest BCUT2D eigenvalue weighted by Crippen LogP contribution is 2.31. The van der Waals surface area contributed by atoms with Crippen molar-refractivity contribution in [3.63, 3.8) is 0 Å². The quantitative estimate of drug-likeness (QED) is 0.835. The molecule has 2 aliphatic rings. The van der Waals surface area contributed by atoms with Gasteiger partial charge in [0.05, 0.1) is 12.8 Å². The smallest absolute Gasteiger partial charge is 0.328 e. The number of imide groups is 1. The SMILES string of the molecule is CNC1CCN(C(=O)c2ccc(OC)c(N3CCC(=O)NC3=O)c2)CC1. The second kappa shape index (κ2) is 7.74. The molecule has 0 saturated carbocycles. The first-order valence-corrected chi connectivity index (χ1v) is 8.79. The maximum Gasteiger partial charge on any atom is 0.328 e. The lowest BCUT2D eigenvalue weighted by Crippen LogP contribution is -2.49. The fraction of sp³-hybridized carbons (Fsp3) is 0.500. The third kappa shape index (κ3) is 3.65. The number of piperidine rings is 1. The van der Waals surface area contributed by atoms with Crippen molar-refractivity contribution in [3.05, 3.63) is 23.8 Å². The Hall–Kier alpha value is -2.61. The van der Waals surface area contributed by atoms with Crippen molar-refractivity contribution in [1.82, 2.24) is 15.5 Å².